The SMILES string of the molecule is NC1CCC(NC(=O)[C@H]2OCC(=O)N(C3CC3)[C@@H]2c2cccnc2)CC1. The number of rotatable bonds is 4. The molecule has 0 bridgehead atoms. The van der Waals surface area contributed by atoms with Crippen LogP contribution in [0.15, 0.2) is 24.5 Å². The van der Waals surface area contributed by atoms with Crippen LogP contribution in [0.5, 0.6) is 0 Å². The van der Waals surface area contributed by atoms with E-state index in [0.717, 1.165) is 44.1 Å². The number of nitrogens with one attached hydrogen (secondary N) is 1. The van der Waals surface area contributed by atoms with E-state index in [9.17, 15) is 9.59 Å². The molecule has 1 saturated heterocycles. The Labute approximate surface area is 153 Å². The number of pyridine rings is 1. The van der Waals surface area contributed by atoms with E-state index in [-0.39, 0.29) is 36.5 Å². The van der Waals surface area contributed by atoms with Crippen molar-refractivity contribution in [1.82, 2.24) is 15.2 Å². The number of carbonyl (C=O) groups is 2. The zero-order valence-electron chi connectivity index (χ0n) is 14.8. The summed E-state index contributed by atoms with van der Waals surface area (Å²) < 4.78 is 5.73. The summed E-state index contributed by atoms with van der Waals surface area (Å²) in [6.07, 6.45) is 8.32. The molecule has 3 fully saturated rings. The molecule has 2 amide bonds. The predicted octanol–water partition coefficient (Wildman–Crippen LogP) is 0.899. The second-order valence-corrected chi connectivity index (χ2v) is 7.62. The van der Waals surface area contributed by atoms with Crippen molar-refractivity contribution in [2.45, 2.75) is 68.8 Å². The van der Waals surface area contributed by atoms with Gasteiger partial charge in [-0.3, -0.25) is 14.6 Å². The Morgan fingerprint density at radius 2 is 2.00 bits per heavy atom. The van der Waals surface area contributed by atoms with E-state index < -0.39 is 12.1 Å². The van der Waals surface area contributed by atoms with Gasteiger partial charge in [-0.25, -0.2) is 0 Å². The fraction of sp³-hybridized carbons (Fsp3) is 0.632. The zero-order chi connectivity index (χ0) is 18.1. The van der Waals surface area contributed by atoms with Gasteiger partial charge in [0.1, 0.15) is 6.61 Å². The van der Waals surface area contributed by atoms with Gasteiger partial charge in [0, 0.05) is 30.5 Å². The van der Waals surface area contributed by atoms with Gasteiger partial charge in [-0.1, -0.05) is 6.07 Å². The molecule has 0 aromatic carbocycles. The molecule has 3 N–H and O–H groups in total. The van der Waals surface area contributed by atoms with Crippen LogP contribution in [0, 0.1) is 0 Å². The number of nitrogens with two attached hydrogens (primary N) is 1. The molecule has 0 unspecified atom stereocenters. The largest absolute Gasteiger partial charge is 0.356 e. The fourth-order valence-electron chi connectivity index (χ4n) is 4.06. The van der Waals surface area contributed by atoms with Crippen LogP contribution in [0.4, 0.5) is 0 Å². The lowest BCUT2D eigenvalue weighted by atomic mass is 9.91. The maximum Gasteiger partial charge on any atom is 0.251 e. The number of nitrogens with zero attached hydrogens (tertiary/aromatic N) is 2. The molecule has 1 aromatic rings. The Morgan fingerprint density at radius 1 is 1.23 bits per heavy atom. The number of ether oxygens (including phenoxy) is 1. The van der Waals surface area contributed by atoms with Gasteiger partial charge in [0.05, 0.1) is 6.04 Å². The average Bonchev–Trinajstić information content (AvgIpc) is 3.49. The highest BCUT2D eigenvalue weighted by Crippen LogP contribution is 2.39. The molecule has 2 saturated carbocycles. The minimum Gasteiger partial charge on any atom is -0.356 e. The quantitative estimate of drug-likeness (QED) is 0.833. The molecule has 7 heteroatoms. The highest BCUT2D eigenvalue weighted by molar-refractivity contribution is 5.87. The number of morpholine rings is 1. The Kier molecular flexibility index (Phi) is 4.91. The Morgan fingerprint density at radius 3 is 2.65 bits per heavy atom. The van der Waals surface area contributed by atoms with E-state index in [1.54, 1.807) is 12.4 Å². The van der Waals surface area contributed by atoms with Gasteiger partial charge in [-0.2, -0.15) is 0 Å². The third-order valence-corrected chi connectivity index (χ3v) is 5.60. The molecular formula is C19H26N4O3. The van der Waals surface area contributed by atoms with E-state index in [2.05, 4.69) is 10.3 Å². The van der Waals surface area contributed by atoms with Crippen LogP contribution in [0.25, 0.3) is 0 Å². The van der Waals surface area contributed by atoms with Crippen molar-refractivity contribution in [3.8, 4) is 0 Å². The molecule has 2 atom stereocenters. The Balaban J connectivity index is 1.54. The first-order chi connectivity index (χ1) is 12.6. The lowest BCUT2D eigenvalue weighted by Crippen LogP contribution is -2.56. The summed E-state index contributed by atoms with van der Waals surface area (Å²) in [4.78, 5) is 31.5. The number of carbonyl (C=O) groups excluding carboxylic acids is 2. The van der Waals surface area contributed by atoms with Gasteiger partial charge in [0.25, 0.3) is 5.91 Å². The maximum atomic E-state index is 13.0. The van der Waals surface area contributed by atoms with E-state index in [1.165, 1.54) is 0 Å². The van der Waals surface area contributed by atoms with E-state index in [4.69, 9.17) is 10.5 Å². The van der Waals surface area contributed by atoms with Crippen molar-refractivity contribution in [1.29, 1.82) is 0 Å². The van der Waals surface area contributed by atoms with Crippen LogP contribution < -0.4 is 11.1 Å². The highest BCUT2D eigenvalue weighted by Gasteiger charge is 2.47. The fourth-order valence-corrected chi connectivity index (χ4v) is 4.06. The third-order valence-electron chi connectivity index (χ3n) is 5.60. The first kappa shape index (κ1) is 17.4. The monoisotopic (exact) mass is 358 g/mol. The second kappa shape index (κ2) is 7.32. The number of hydrogen-bond acceptors (Lipinski definition) is 5. The molecular weight excluding hydrogens is 332 g/mol. The molecule has 0 radical (unpaired) electrons. The van der Waals surface area contributed by atoms with E-state index in [1.807, 2.05) is 17.0 Å². The summed E-state index contributed by atoms with van der Waals surface area (Å²) >= 11 is 0. The minimum absolute atomic E-state index is 0.0408. The third kappa shape index (κ3) is 3.59. The lowest BCUT2D eigenvalue weighted by molar-refractivity contribution is -0.165. The maximum absolute atomic E-state index is 13.0. The van der Waals surface area contributed by atoms with E-state index >= 15 is 0 Å². The van der Waals surface area contributed by atoms with E-state index in [0.29, 0.717) is 0 Å². The molecule has 140 valence electrons. The van der Waals surface area contributed by atoms with Crippen LogP contribution in [0.2, 0.25) is 0 Å². The van der Waals surface area contributed by atoms with Crippen LogP contribution in [-0.4, -0.2) is 52.5 Å². The molecule has 2 aliphatic carbocycles. The van der Waals surface area contributed by atoms with Gasteiger partial charge >= 0.3 is 0 Å². The van der Waals surface area contributed by atoms with Crippen LogP contribution in [-0.2, 0) is 14.3 Å². The van der Waals surface area contributed by atoms with Gasteiger partial charge in [0.2, 0.25) is 5.91 Å². The summed E-state index contributed by atoms with van der Waals surface area (Å²) in [7, 11) is 0. The molecule has 3 aliphatic rings. The summed E-state index contributed by atoms with van der Waals surface area (Å²) in [5.74, 6) is -0.188. The first-order valence-electron chi connectivity index (χ1n) is 9.52. The molecule has 7 nitrogen and oxygen atoms in total. The van der Waals surface area contributed by atoms with Gasteiger partial charge in [-0.05, 0) is 50.2 Å². The molecule has 2 heterocycles. The van der Waals surface area contributed by atoms with Gasteiger partial charge in [0.15, 0.2) is 6.10 Å². The lowest BCUT2D eigenvalue weighted by Gasteiger charge is -2.41. The molecule has 0 spiro atoms. The number of amides is 2. The number of hydrogen-bond donors (Lipinski definition) is 2. The predicted molar refractivity (Wildman–Crippen MR) is 95.0 cm³/mol. The second-order valence-electron chi connectivity index (χ2n) is 7.62. The van der Waals surface area contributed by atoms with Crippen LogP contribution in [0.1, 0.15) is 50.1 Å². The standard InChI is InChI=1S/C19H26N4O3/c20-13-3-5-14(6-4-13)22-19(25)18-17(12-2-1-9-21-10-12)23(15-7-8-15)16(24)11-26-18/h1-2,9-10,13-15,17-18H,3-8,11,20H2,(H,22,25)/t13?,14?,17-,18+/m1/s1. The van der Waals surface area contributed by atoms with Crippen LogP contribution in [0.3, 0.4) is 0 Å². The molecule has 1 aliphatic heterocycles. The van der Waals surface area contributed by atoms with Crippen molar-refractivity contribution < 1.29 is 14.3 Å². The van der Waals surface area contributed by atoms with Crippen LogP contribution >= 0.6 is 0 Å². The smallest absolute Gasteiger partial charge is 0.251 e. The minimum atomic E-state index is -0.701. The molecule has 4 rings (SSSR count). The summed E-state index contributed by atoms with van der Waals surface area (Å²) in [6.45, 7) is -0.0408. The molecule has 26 heavy (non-hydrogen) atoms. The average molecular weight is 358 g/mol. The summed E-state index contributed by atoms with van der Waals surface area (Å²) in [5.41, 5.74) is 6.80. The van der Waals surface area contributed by atoms with Crippen molar-refractivity contribution in [2.75, 3.05) is 6.61 Å². The Bertz CT molecular complexity index is 656. The van der Waals surface area contributed by atoms with Crippen molar-refractivity contribution in [3.63, 3.8) is 0 Å². The number of aromatic nitrogens is 1. The normalized spacial score (nSPS) is 32.3. The van der Waals surface area contributed by atoms with Gasteiger partial charge in [-0.15, -0.1) is 0 Å². The first-order valence-corrected chi connectivity index (χ1v) is 9.52. The Hall–Kier alpha value is -1.99. The van der Waals surface area contributed by atoms with Crippen molar-refractivity contribution >= 4 is 11.8 Å². The van der Waals surface area contributed by atoms with Crippen molar-refractivity contribution in [2.24, 2.45) is 5.73 Å². The van der Waals surface area contributed by atoms with Crippen molar-refractivity contribution in [3.05, 3.63) is 30.1 Å². The summed E-state index contributed by atoms with van der Waals surface area (Å²) in [5, 5.41) is 3.13. The topological polar surface area (TPSA) is 97.5 Å². The summed E-state index contributed by atoms with van der Waals surface area (Å²) in [6, 6.07) is 3.90. The zero-order valence-corrected chi connectivity index (χ0v) is 14.8. The highest BCUT2D eigenvalue weighted by atomic mass is 16.5. The molecule has 1 aromatic heterocycles. The van der Waals surface area contributed by atoms with Gasteiger partial charge < -0.3 is 20.7 Å².